The second-order valence-electron chi connectivity index (χ2n) is 4.99. The molecule has 0 spiro atoms. The zero-order valence-corrected chi connectivity index (χ0v) is 13.1. The van der Waals surface area contributed by atoms with Crippen LogP contribution >= 0.6 is 15.9 Å². The summed E-state index contributed by atoms with van der Waals surface area (Å²) in [5, 5.41) is 3.99. The number of hydrogen-bond donors (Lipinski definition) is 2. The number of benzene rings is 2. The van der Waals surface area contributed by atoms with Gasteiger partial charge in [0.05, 0.1) is 6.04 Å². The maximum absolute atomic E-state index is 12.5. The zero-order chi connectivity index (χ0) is 14.8. The fourth-order valence-electron chi connectivity index (χ4n) is 2.39. The van der Waals surface area contributed by atoms with Crippen molar-refractivity contribution in [3.63, 3.8) is 0 Å². The Morgan fingerprint density at radius 2 is 1.90 bits per heavy atom. The molecule has 3 aromatic rings. The highest BCUT2D eigenvalue weighted by atomic mass is 79.9. The quantitative estimate of drug-likeness (QED) is 0.726. The molecule has 0 saturated heterocycles. The lowest BCUT2D eigenvalue weighted by molar-refractivity contribution is 0.0941. The number of halogens is 1. The topological polar surface area (TPSA) is 44.9 Å². The summed E-state index contributed by atoms with van der Waals surface area (Å²) in [6, 6.07) is 15.5. The van der Waals surface area contributed by atoms with E-state index in [2.05, 4.69) is 26.2 Å². The predicted octanol–water partition coefficient (Wildman–Crippen LogP) is 4.42. The fraction of sp³-hybridized carbons (Fsp3) is 0.118. The minimum absolute atomic E-state index is 0.0419. The molecule has 1 heterocycles. The van der Waals surface area contributed by atoms with Gasteiger partial charge >= 0.3 is 0 Å². The van der Waals surface area contributed by atoms with Gasteiger partial charge in [-0.05, 0) is 42.8 Å². The van der Waals surface area contributed by atoms with Crippen molar-refractivity contribution in [1.82, 2.24) is 10.3 Å². The molecule has 1 amide bonds. The van der Waals surface area contributed by atoms with Crippen LogP contribution in [0, 0.1) is 0 Å². The third-order valence-corrected chi connectivity index (χ3v) is 4.09. The second-order valence-corrected chi connectivity index (χ2v) is 5.91. The zero-order valence-electron chi connectivity index (χ0n) is 11.6. The van der Waals surface area contributed by atoms with E-state index in [-0.39, 0.29) is 11.9 Å². The predicted molar refractivity (Wildman–Crippen MR) is 88.3 cm³/mol. The first-order valence-corrected chi connectivity index (χ1v) is 7.57. The molecule has 3 rings (SSSR count). The first-order chi connectivity index (χ1) is 10.1. The Morgan fingerprint density at radius 1 is 1.14 bits per heavy atom. The number of fused-ring (bicyclic) bond motifs is 1. The third-order valence-electron chi connectivity index (χ3n) is 3.56. The summed E-state index contributed by atoms with van der Waals surface area (Å²) in [6.07, 6.45) is 1.85. The summed E-state index contributed by atoms with van der Waals surface area (Å²) in [4.78, 5) is 15.6. The summed E-state index contributed by atoms with van der Waals surface area (Å²) >= 11 is 3.41. The van der Waals surface area contributed by atoms with Gasteiger partial charge in [0, 0.05) is 27.1 Å². The van der Waals surface area contributed by atoms with E-state index in [4.69, 9.17) is 0 Å². The van der Waals surface area contributed by atoms with Gasteiger partial charge in [-0.1, -0.05) is 34.1 Å². The van der Waals surface area contributed by atoms with Crippen molar-refractivity contribution in [3.8, 4) is 0 Å². The average molecular weight is 343 g/mol. The molecule has 3 nitrogen and oxygen atoms in total. The molecule has 21 heavy (non-hydrogen) atoms. The highest BCUT2D eigenvalue weighted by molar-refractivity contribution is 9.10. The fourth-order valence-corrected chi connectivity index (χ4v) is 2.66. The Hall–Kier alpha value is -2.07. The number of hydrogen-bond acceptors (Lipinski definition) is 1. The Bertz CT molecular complexity index is 777. The average Bonchev–Trinajstić information content (AvgIpc) is 2.96. The van der Waals surface area contributed by atoms with Crippen LogP contribution in [0.5, 0.6) is 0 Å². The first-order valence-electron chi connectivity index (χ1n) is 6.77. The van der Waals surface area contributed by atoms with Crippen LogP contribution in [0.2, 0.25) is 0 Å². The molecule has 106 valence electrons. The van der Waals surface area contributed by atoms with Crippen LogP contribution in [0.3, 0.4) is 0 Å². The molecule has 0 aliphatic heterocycles. The maximum Gasteiger partial charge on any atom is 0.252 e. The molecule has 0 aliphatic rings. The SMILES string of the molecule is CC(NC(=O)c1cccc2[nH]ccc12)c1ccc(Br)cc1. The van der Waals surface area contributed by atoms with Gasteiger partial charge in [0.25, 0.3) is 5.91 Å². The third kappa shape index (κ3) is 2.85. The normalized spacial score (nSPS) is 12.3. The van der Waals surface area contributed by atoms with E-state index in [1.807, 2.05) is 61.7 Å². The van der Waals surface area contributed by atoms with Gasteiger partial charge in [0.15, 0.2) is 0 Å². The van der Waals surface area contributed by atoms with Gasteiger partial charge in [0.1, 0.15) is 0 Å². The van der Waals surface area contributed by atoms with Crippen molar-refractivity contribution in [3.05, 3.63) is 70.3 Å². The van der Waals surface area contributed by atoms with E-state index in [1.54, 1.807) is 0 Å². The minimum atomic E-state index is -0.0596. The molecule has 0 aliphatic carbocycles. The molecule has 1 unspecified atom stereocenters. The Morgan fingerprint density at radius 3 is 2.67 bits per heavy atom. The van der Waals surface area contributed by atoms with E-state index in [0.29, 0.717) is 5.56 Å². The Labute approximate surface area is 131 Å². The molecule has 2 aromatic carbocycles. The van der Waals surface area contributed by atoms with E-state index in [1.165, 1.54) is 0 Å². The molecule has 0 bridgehead atoms. The molecule has 0 saturated carbocycles. The molecule has 2 N–H and O–H groups in total. The van der Waals surface area contributed by atoms with Crippen molar-refractivity contribution in [2.24, 2.45) is 0 Å². The summed E-state index contributed by atoms with van der Waals surface area (Å²) < 4.78 is 1.03. The molecule has 1 aromatic heterocycles. The maximum atomic E-state index is 12.5. The summed E-state index contributed by atoms with van der Waals surface area (Å²) in [5.74, 6) is -0.0596. The van der Waals surface area contributed by atoms with Crippen molar-refractivity contribution in [2.75, 3.05) is 0 Å². The highest BCUT2D eigenvalue weighted by Gasteiger charge is 2.14. The molecule has 1 atom stereocenters. The number of rotatable bonds is 3. The van der Waals surface area contributed by atoms with Crippen molar-refractivity contribution < 1.29 is 4.79 Å². The van der Waals surface area contributed by atoms with Gasteiger partial charge in [-0.15, -0.1) is 0 Å². The molecular formula is C17H15BrN2O. The van der Waals surface area contributed by atoms with Gasteiger partial charge in [-0.2, -0.15) is 0 Å². The van der Waals surface area contributed by atoms with Gasteiger partial charge in [-0.3, -0.25) is 4.79 Å². The largest absolute Gasteiger partial charge is 0.361 e. The Balaban J connectivity index is 1.83. The van der Waals surface area contributed by atoms with E-state index in [0.717, 1.165) is 20.9 Å². The lowest BCUT2D eigenvalue weighted by Crippen LogP contribution is -2.26. The number of carbonyl (C=O) groups is 1. The lowest BCUT2D eigenvalue weighted by Gasteiger charge is -2.15. The Kier molecular flexibility index (Phi) is 3.80. The number of aromatic amines is 1. The van der Waals surface area contributed by atoms with Crippen molar-refractivity contribution in [2.45, 2.75) is 13.0 Å². The smallest absolute Gasteiger partial charge is 0.252 e. The molecular weight excluding hydrogens is 328 g/mol. The van der Waals surface area contributed by atoms with Gasteiger partial charge in [0.2, 0.25) is 0 Å². The first kappa shape index (κ1) is 13.9. The summed E-state index contributed by atoms with van der Waals surface area (Å²) in [5.41, 5.74) is 2.74. The van der Waals surface area contributed by atoms with Gasteiger partial charge in [-0.25, -0.2) is 0 Å². The van der Waals surface area contributed by atoms with Crippen LogP contribution in [0.25, 0.3) is 10.9 Å². The van der Waals surface area contributed by atoms with Crippen molar-refractivity contribution >= 4 is 32.7 Å². The van der Waals surface area contributed by atoms with Crippen LogP contribution in [-0.2, 0) is 0 Å². The number of carbonyl (C=O) groups excluding carboxylic acids is 1. The van der Waals surface area contributed by atoms with E-state index < -0.39 is 0 Å². The van der Waals surface area contributed by atoms with Crippen LogP contribution in [0.4, 0.5) is 0 Å². The standard InChI is InChI=1S/C17H15BrN2O/c1-11(12-5-7-13(18)8-6-12)20-17(21)15-3-2-4-16-14(15)9-10-19-16/h2-11,19H,1H3,(H,20,21). The summed E-state index contributed by atoms with van der Waals surface area (Å²) in [6.45, 7) is 1.98. The van der Waals surface area contributed by atoms with Crippen LogP contribution in [-0.4, -0.2) is 10.9 Å². The van der Waals surface area contributed by atoms with Gasteiger partial charge < -0.3 is 10.3 Å². The number of amides is 1. The van der Waals surface area contributed by atoms with Crippen molar-refractivity contribution in [1.29, 1.82) is 0 Å². The summed E-state index contributed by atoms with van der Waals surface area (Å²) in [7, 11) is 0. The molecule has 0 fully saturated rings. The van der Waals surface area contributed by atoms with Crippen LogP contribution in [0.1, 0.15) is 28.9 Å². The molecule has 0 radical (unpaired) electrons. The number of H-pyrrole nitrogens is 1. The highest BCUT2D eigenvalue weighted by Crippen LogP contribution is 2.20. The van der Waals surface area contributed by atoms with E-state index in [9.17, 15) is 4.79 Å². The monoisotopic (exact) mass is 342 g/mol. The van der Waals surface area contributed by atoms with Crippen LogP contribution in [0.15, 0.2) is 59.2 Å². The second kappa shape index (κ2) is 5.74. The number of aromatic nitrogens is 1. The van der Waals surface area contributed by atoms with E-state index >= 15 is 0 Å². The lowest BCUT2D eigenvalue weighted by atomic mass is 10.1. The minimum Gasteiger partial charge on any atom is -0.361 e. The molecule has 4 heteroatoms. The van der Waals surface area contributed by atoms with Crippen LogP contribution < -0.4 is 5.32 Å². The number of nitrogens with one attached hydrogen (secondary N) is 2.